The van der Waals surface area contributed by atoms with E-state index in [1.54, 1.807) is 24.4 Å². The quantitative estimate of drug-likeness (QED) is 0.499. The number of Topliss-reactive ketones (excluding diaryl/α,β-unsaturated/α-hetero) is 1. The third-order valence-corrected chi connectivity index (χ3v) is 3.80. The molecule has 1 heterocycles. The first-order valence-corrected chi connectivity index (χ1v) is 7.55. The van der Waals surface area contributed by atoms with Gasteiger partial charge in [-0.2, -0.15) is 18.3 Å². The van der Waals surface area contributed by atoms with Crippen molar-refractivity contribution in [3.63, 3.8) is 0 Å². The van der Waals surface area contributed by atoms with Gasteiger partial charge in [0.2, 0.25) is 5.13 Å². The van der Waals surface area contributed by atoms with Crippen LogP contribution < -0.4 is 5.43 Å². The minimum Gasteiger partial charge on any atom is -0.294 e. The minimum atomic E-state index is -4.69. The number of nitrogens with zero attached hydrogens (tertiary/aromatic N) is 2. The smallest absolute Gasteiger partial charge is 0.294 e. The molecule has 122 valence electrons. The molecular formula is C15H14F3N3OS. The zero-order valence-electron chi connectivity index (χ0n) is 12.4. The second-order valence-electron chi connectivity index (χ2n) is 4.93. The van der Waals surface area contributed by atoms with E-state index >= 15 is 0 Å². The Kier molecular flexibility index (Phi) is 5.15. The summed E-state index contributed by atoms with van der Waals surface area (Å²) in [7, 11) is 0. The second kappa shape index (κ2) is 6.91. The molecule has 0 fully saturated rings. The maximum Gasteiger partial charge on any atom is 0.431 e. The molecule has 2 rings (SSSR count). The van der Waals surface area contributed by atoms with E-state index in [1.165, 1.54) is 12.1 Å². The number of benzene rings is 1. The van der Waals surface area contributed by atoms with Gasteiger partial charge in [0, 0.05) is 10.9 Å². The van der Waals surface area contributed by atoms with Gasteiger partial charge in [-0.15, -0.1) is 11.3 Å². The minimum absolute atomic E-state index is 0.220. The number of halogens is 3. The Morgan fingerprint density at radius 1 is 1.26 bits per heavy atom. The lowest BCUT2D eigenvalue weighted by Gasteiger charge is -2.10. The van der Waals surface area contributed by atoms with Gasteiger partial charge in [0.15, 0.2) is 5.78 Å². The molecule has 4 nitrogen and oxygen atoms in total. The van der Waals surface area contributed by atoms with E-state index in [0.29, 0.717) is 5.69 Å². The first-order valence-electron chi connectivity index (χ1n) is 6.67. The molecule has 0 aliphatic rings. The van der Waals surface area contributed by atoms with Crippen molar-refractivity contribution in [2.75, 3.05) is 5.43 Å². The van der Waals surface area contributed by atoms with Crippen LogP contribution in [0.3, 0.4) is 0 Å². The Morgan fingerprint density at radius 3 is 2.43 bits per heavy atom. The fourth-order valence-electron chi connectivity index (χ4n) is 1.72. The summed E-state index contributed by atoms with van der Waals surface area (Å²) in [6.45, 7) is 3.55. The van der Waals surface area contributed by atoms with Crippen molar-refractivity contribution in [1.29, 1.82) is 0 Å². The second-order valence-corrected chi connectivity index (χ2v) is 5.79. The van der Waals surface area contributed by atoms with Gasteiger partial charge in [-0.25, -0.2) is 4.98 Å². The van der Waals surface area contributed by atoms with E-state index in [2.05, 4.69) is 15.5 Å². The predicted octanol–water partition coefficient (Wildman–Crippen LogP) is 4.36. The molecule has 1 N–H and O–H groups in total. The van der Waals surface area contributed by atoms with Crippen LogP contribution in [0.25, 0.3) is 0 Å². The van der Waals surface area contributed by atoms with Gasteiger partial charge in [-0.3, -0.25) is 10.2 Å². The fourth-order valence-corrected chi connectivity index (χ4v) is 2.35. The molecule has 0 saturated heterocycles. The Morgan fingerprint density at radius 2 is 1.91 bits per heavy atom. The average Bonchev–Trinajstić information content (AvgIpc) is 2.88. The Labute approximate surface area is 135 Å². The molecule has 23 heavy (non-hydrogen) atoms. The number of carbonyl (C=O) groups excluding carboxylic acids is 1. The maximum atomic E-state index is 13.0. The number of hydrazone groups is 1. The normalized spacial score (nSPS) is 12.3. The van der Waals surface area contributed by atoms with Gasteiger partial charge < -0.3 is 0 Å². The highest BCUT2D eigenvalue weighted by Gasteiger charge is 2.37. The summed E-state index contributed by atoms with van der Waals surface area (Å²) < 4.78 is 39.1. The standard InChI is InChI=1S/C15H14F3N3OS/c1-9-3-5-11(6-4-9)12(22)7-13(15(16,17)18)20-21-14-19-10(2)8-23-14/h3-6,8H,7H2,1-2H3,(H,19,21). The van der Waals surface area contributed by atoms with Crippen LogP contribution in [-0.4, -0.2) is 22.7 Å². The molecule has 0 bridgehead atoms. The number of ketones is 1. The predicted molar refractivity (Wildman–Crippen MR) is 84.1 cm³/mol. The lowest BCUT2D eigenvalue weighted by atomic mass is 10.0. The molecule has 0 atom stereocenters. The van der Waals surface area contributed by atoms with Crippen LogP contribution in [0, 0.1) is 13.8 Å². The number of aromatic nitrogens is 1. The van der Waals surface area contributed by atoms with Gasteiger partial charge in [0.05, 0.1) is 12.1 Å². The van der Waals surface area contributed by atoms with Crippen LogP contribution in [-0.2, 0) is 0 Å². The number of nitrogens with one attached hydrogen (secondary N) is 1. The number of alkyl halides is 3. The van der Waals surface area contributed by atoms with Crippen LogP contribution >= 0.6 is 11.3 Å². The molecule has 0 amide bonds. The van der Waals surface area contributed by atoms with Gasteiger partial charge in [-0.1, -0.05) is 29.8 Å². The van der Waals surface area contributed by atoms with Gasteiger partial charge >= 0.3 is 6.18 Å². The third kappa shape index (κ3) is 4.88. The van der Waals surface area contributed by atoms with Crippen molar-refractivity contribution in [2.45, 2.75) is 26.4 Å². The number of hydrogen-bond acceptors (Lipinski definition) is 5. The molecule has 0 unspecified atom stereocenters. The lowest BCUT2D eigenvalue weighted by Crippen LogP contribution is -2.27. The first kappa shape index (κ1) is 17.1. The van der Waals surface area contributed by atoms with Crippen LogP contribution in [0.4, 0.5) is 18.3 Å². The Balaban J connectivity index is 2.15. The molecule has 0 saturated carbocycles. The summed E-state index contributed by atoms with van der Waals surface area (Å²) >= 11 is 1.14. The summed E-state index contributed by atoms with van der Waals surface area (Å²) in [5.74, 6) is -0.641. The highest BCUT2D eigenvalue weighted by atomic mass is 32.1. The number of carbonyl (C=O) groups is 1. The monoisotopic (exact) mass is 341 g/mol. The molecule has 8 heteroatoms. The largest absolute Gasteiger partial charge is 0.431 e. The van der Waals surface area contributed by atoms with Gasteiger partial charge in [0.1, 0.15) is 5.71 Å². The summed E-state index contributed by atoms with van der Waals surface area (Å²) in [5.41, 5.74) is 2.90. The van der Waals surface area contributed by atoms with E-state index in [-0.39, 0.29) is 10.7 Å². The van der Waals surface area contributed by atoms with E-state index in [4.69, 9.17) is 0 Å². The van der Waals surface area contributed by atoms with Crippen LogP contribution in [0.1, 0.15) is 28.0 Å². The van der Waals surface area contributed by atoms with E-state index in [1.807, 2.05) is 6.92 Å². The molecule has 1 aromatic heterocycles. The van der Waals surface area contributed by atoms with Crippen molar-refractivity contribution in [1.82, 2.24) is 4.98 Å². The highest BCUT2D eigenvalue weighted by Crippen LogP contribution is 2.22. The summed E-state index contributed by atoms with van der Waals surface area (Å²) in [5, 5.41) is 5.26. The topological polar surface area (TPSA) is 54.4 Å². The van der Waals surface area contributed by atoms with E-state index in [0.717, 1.165) is 16.9 Å². The molecule has 1 aromatic carbocycles. The number of aryl methyl sites for hydroxylation is 2. The van der Waals surface area contributed by atoms with Gasteiger partial charge in [-0.05, 0) is 13.8 Å². The van der Waals surface area contributed by atoms with Crippen molar-refractivity contribution in [3.05, 3.63) is 46.5 Å². The maximum absolute atomic E-state index is 13.0. The number of hydrogen-bond donors (Lipinski definition) is 1. The summed E-state index contributed by atoms with van der Waals surface area (Å²) in [6, 6.07) is 6.36. The van der Waals surface area contributed by atoms with Crippen LogP contribution in [0.15, 0.2) is 34.7 Å². The van der Waals surface area contributed by atoms with Crippen LogP contribution in [0.2, 0.25) is 0 Å². The Hall–Kier alpha value is -2.22. The van der Waals surface area contributed by atoms with Crippen molar-refractivity contribution in [2.24, 2.45) is 5.10 Å². The highest BCUT2D eigenvalue weighted by molar-refractivity contribution is 7.13. The lowest BCUT2D eigenvalue weighted by molar-refractivity contribution is -0.0602. The zero-order chi connectivity index (χ0) is 17.0. The summed E-state index contributed by atoms with van der Waals surface area (Å²) in [6.07, 6.45) is -5.52. The van der Waals surface area contributed by atoms with Crippen LogP contribution in [0.5, 0.6) is 0 Å². The third-order valence-electron chi connectivity index (χ3n) is 2.93. The van der Waals surface area contributed by atoms with Gasteiger partial charge in [0.25, 0.3) is 0 Å². The number of anilines is 1. The van der Waals surface area contributed by atoms with Crippen molar-refractivity contribution in [3.8, 4) is 0 Å². The first-order chi connectivity index (χ1) is 10.8. The van der Waals surface area contributed by atoms with E-state index < -0.39 is 24.1 Å². The Bertz CT molecular complexity index is 720. The van der Waals surface area contributed by atoms with E-state index in [9.17, 15) is 18.0 Å². The zero-order valence-corrected chi connectivity index (χ0v) is 13.3. The fraction of sp³-hybridized carbons (Fsp3) is 0.267. The molecule has 0 aliphatic carbocycles. The molecule has 2 aromatic rings. The number of rotatable bonds is 5. The molecule has 0 spiro atoms. The van der Waals surface area contributed by atoms with Crippen molar-refractivity contribution < 1.29 is 18.0 Å². The van der Waals surface area contributed by atoms with Crippen molar-refractivity contribution >= 4 is 28.0 Å². The molecule has 0 radical (unpaired) electrons. The molecular weight excluding hydrogens is 327 g/mol. The number of thiazole rings is 1. The summed E-state index contributed by atoms with van der Waals surface area (Å²) in [4.78, 5) is 16.0. The average molecular weight is 341 g/mol. The SMILES string of the molecule is Cc1ccc(C(=O)CC(=NNc2nc(C)cs2)C(F)(F)F)cc1. The molecule has 0 aliphatic heterocycles.